The Hall–Kier alpha value is -0.450. The number of hydrogen-bond acceptors (Lipinski definition) is 4. The number of thiazole rings is 1. The van der Waals surface area contributed by atoms with Gasteiger partial charge in [-0.25, -0.2) is 4.98 Å². The predicted molar refractivity (Wildman–Crippen MR) is 71.5 cm³/mol. The summed E-state index contributed by atoms with van der Waals surface area (Å²) < 4.78 is 5.07. The first kappa shape index (κ1) is 13.0. The summed E-state index contributed by atoms with van der Waals surface area (Å²) in [6, 6.07) is 0. The minimum absolute atomic E-state index is 0.450. The summed E-state index contributed by atoms with van der Waals surface area (Å²) in [6.45, 7) is 2.86. The molecule has 0 unspecified atom stereocenters. The van der Waals surface area contributed by atoms with E-state index in [2.05, 4.69) is 15.7 Å². The molecule has 1 aromatic rings. The van der Waals surface area contributed by atoms with Gasteiger partial charge < -0.3 is 10.1 Å². The Morgan fingerprint density at radius 3 is 2.94 bits per heavy atom. The van der Waals surface area contributed by atoms with Crippen molar-refractivity contribution in [2.45, 2.75) is 32.1 Å². The van der Waals surface area contributed by atoms with E-state index < -0.39 is 0 Å². The van der Waals surface area contributed by atoms with E-state index in [1.54, 1.807) is 18.4 Å². The lowest BCUT2D eigenvalue weighted by atomic mass is 9.83. The molecule has 1 fully saturated rings. The molecule has 3 nitrogen and oxygen atoms in total. The normalized spacial score (nSPS) is 18.6. The van der Waals surface area contributed by atoms with Gasteiger partial charge in [0.2, 0.25) is 0 Å². The van der Waals surface area contributed by atoms with E-state index in [0.29, 0.717) is 5.41 Å². The van der Waals surface area contributed by atoms with Gasteiger partial charge >= 0.3 is 0 Å². The number of methoxy groups -OCH3 is 1. The van der Waals surface area contributed by atoms with Crippen molar-refractivity contribution in [3.05, 3.63) is 16.6 Å². The first-order valence-electron chi connectivity index (χ1n) is 6.43. The lowest BCUT2D eigenvalue weighted by molar-refractivity contribution is 0.189. The van der Waals surface area contributed by atoms with Gasteiger partial charge in [0.05, 0.1) is 11.6 Å². The highest BCUT2D eigenvalue weighted by Gasteiger charge is 2.34. The van der Waals surface area contributed by atoms with Crippen LogP contribution in [0.2, 0.25) is 0 Å². The zero-order valence-electron chi connectivity index (χ0n) is 10.6. The number of nitrogens with one attached hydrogen (secondary N) is 1. The summed E-state index contributed by atoms with van der Waals surface area (Å²) >= 11 is 1.79. The maximum absolute atomic E-state index is 5.07. The van der Waals surface area contributed by atoms with Crippen LogP contribution < -0.4 is 5.32 Å². The van der Waals surface area contributed by atoms with Crippen LogP contribution in [-0.4, -0.2) is 31.8 Å². The number of aromatic nitrogens is 1. The van der Waals surface area contributed by atoms with Crippen LogP contribution in [0, 0.1) is 5.41 Å². The van der Waals surface area contributed by atoms with E-state index >= 15 is 0 Å². The number of nitrogens with zero attached hydrogens (tertiary/aromatic N) is 1. The summed E-state index contributed by atoms with van der Waals surface area (Å²) in [5, 5.41) is 6.91. The fourth-order valence-corrected chi connectivity index (χ4v) is 3.52. The third kappa shape index (κ3) is 3.76. The summed E-state index contributed by atoms with van der Waals surface area (Å²) in [6.07, 6.45) is 8.49. The highest BCUT2D eigenvalue weighted by molar-refractivity contribution is 7.09. The van der Waals surface area contributed by atoms with Crippen molar-refractivity contribution in [3.63, 3.8) is 0 Å². The molecule has 96 valence electrons. The molecule has 1 aromatic heterocycles. The first-order valence-corrected chi connectivity index (χ1v) is 7.31. The van der Waals surface area contributed by atoms with Gasteiger partial charge in [0.25, 0.3) is 0 Å². The van der Waals surface area contributed by atoms with Crippen molar-refractivity contribution in [2.24, 2.45) is 5.41 Å². The zero-order valence-corrected chi connectivity index (χ0v) is 11.4. The average Bonchev–Trinajstić information content (AvgIpc) is 2.98. The van der Waals surface area contributed by atoms with Crippen LogP contribution in [0.4, 0.5) is 0 Å². The van der Waals surface area contributed by atoms with Gasteiger partial charge in [-0.15, -0.1) is 11.3 Å². The highest BCUT2D eigenvalue weighted by atomic mass is 32.1. The molecule has 0 amide bonds. The van der Waals surface area contributed by atoms with Crippen molar-refractivity contribution in [2.75, 3.05) is 26.8 Å². The van der Waals surface area contributed by atoms with E-state index in [0.717, 1.165) is 26.1 Å². The molecule has 0 radical (unpaired) electrons. The molecular formula is C13H22N2OS. The Morgan fingerprint density at radius 1 is 1.47 bits per heavy atom. The van der Waals surface area contributed by atoms with Crippen molar-refractivity contribution in [3.8, 4) is 0 Å². The predicted octanol–water partition coefficient (Wildman–Crippen LogP) is 2.48. The second-order valence-corrected chi connectivity index (χ2v) is 5.96. The molecule has 1 heterocycles. The van der Waals surface area contributed by atoms with Crippen molar-refractivity contribution >= 4 is 11.3 Å². The van der Waals surface area contributed by atoms with Crippen LogP contribution in [0.1, 0.15) is 30.7 Å². The smallest absolute Gasteiger partial charge is 0.0930 e. The molecule has 0 atom stereocenters. The van der Waals surface area contributed by atoms with Gasteiger partial charge in [-0.3, -0.25) is 0 Å². The van der Waals surface area contributed by atoms with Crippen LogP contribution in [0.15, 0.2) is 11.6 Å². The lowest BCUT2D eigenvalue weighted by Crippen LogP contribution is -2.35. The molecule has 4 heteroatoms. The fourth-order valence-electron chi connectivity index (χ4n) is 2.73. The average molecular weight is 254 g/mol. The second kappa shape index (κ2) is 6.47. The zero-order chi connectivity index (χ0) is 12.0. The third-order valence-electron chi connectivity index (χ3n) is 3.66. The van der Waals surface area contributed by atoms with Crippen LogP contribution >= 0.6 is 11.3 Å². The van der Waals surface area contributed by atoms with Crippen LogP contribution in [0.5, 0.6) is 0 Å². The summed E-state index contributed by atoms with van der Waals surface area (Å²) in [7, 11) is 1.75. The number of hydrogen-bond donors (Lipinski definition) is 1. The minimum atomic E-state index is 0.450. The number of ether oxygens (including phenoxy) is 1. The monoisotopic (exact) mass is 254 g/mol. The lowest BCUT2D eigenvalue weighted by Gasteiger charge is -2.28. The molecule has 17 heavy (non-hydrogen) atoms. The van der Waals surface area contributed by atoms with Gasteiger partial charge in [-0.1, -0.05) is 12.8 Å². The molecule has 1 N–H and O–H groups in total. The quantitative estimate of drug-likeness (QED) is 0.759. The van der Waals surface area contributed by atoms with Crippen LogP contribution in [-0.2, 0) is 11.2 Å². The fraction of sp³-hybridized carbons (Fsp3) is 0.769. The van der Waals surface area contributed by atoms with Gasteiger partial charge in [0.15, 0.2) is 0 Å². The summed E-state index contributed by atoms with van der Waals surface area (Å²) in [4.78, 5) is 4.44. The van der Waals surface area contributed by atoms with Crippen LogP contribution in [0.25, 0.3) is 0 Å². The standard InChI is InChI=1S/C13H22N2OS/c1-16-8-6-14-11-13(4-2-3-5-13)10-12-15-7-9-17-12/h7,9,14H,2-6,8,10-11H2,1H3. The maximum Gasteiger partial charge on any atom is 0.0930 e. The van der Waals surface area contributed by atoms with Crippen molar-refractivity contribution < 1.29 is 4.74 Å². The summed E-state index contributed by atoms with van der Waals surface area (Å²) in [5.41, 5.74) is 0.450. The topological polar surface area (TPSA) is 34.1 Å². The summed E-state index contributed by atoms with van der Waals surface area (Å²) in [5.74, 6) is 0. The van der Waals surface area contributed by atoms with Gasteiger partial charge in [0.1, 0.15) is 0 Å². The first-order chi connectivity index (χ1) is 8.35. The molecular weight excluding hydrogens is 232 g/mol. The Kier molecular flexibility index (Phi) is 4.95. The van der Waals surface area contributed by atoms with Gasteiger partial charge in [-0.2, -0.15) is 0 Å². The molecule has 0 spiro atoms. The molecule has 0 aliphatic heterocycles. The second-order valence-electron chi connectivity index (χ2n) is 4.98. The molecule has 2 rings (SSSR count). The highest BCUT2D eigenvalue weighted by Crippen LogP contribution is 2.40. The van der Waals surface area contributed by atoms with Gasteiger partial charge in [0, 0.05) is 38.2 Å². The molecule has 0 saturated heterocycles. The largest absolute Gasteiger partial charge is 0.383 e. The Labute approximate surface area is 108 Å². The van der Waals surface area contributed by atoms with E-state index in [4.69, 9.17) is 4.74 Å². The number of rotatable bonds is 7. The molecule has 1 saturated carbocycles. The van der Waals surface area contributed by atoms with Crippen molar-refractivity contribution in [1.82, 2.24) is 10.3 Å². The molecule has 0 bridgehead atoms. The Morgan fingerprint density at radius 2 is 2.29 bits per heavy atom. The molecule has 1 aliphatic carbocycles. The van der Waals surface area contributed by atoms with E-state index in [9.17, 15) is 0 Å². The Bertz CT molecular complexity index is 307. The molecule has 1 aliphatic rings. The van der Waals surface area contributed by atoms with Crippen LogP contribution in [0.3, 0.4) is 0 Å². The SMILES string of the molecule is COCCNCC1(Cc2nccs2)CCCC1. The maximum atomic E-state index is 5.07. The van der Waals surface area contributed by atoms with E-state index in [1.165, 1.54) is 30.7 Å². The molecule has 0 aromatic carbocycles. The van der Waals surface area contributed by atoms with E-state index in [-0.39, 0.29) is 0 Å². The third-order valence-corrected chi connectivity index (χ3v) is 4.44. The Balaban J connectivity index is 1.86. The van der Waals surface area contributed by atoms with E-state index in [1.807, 2.05) is 6.20 Å². The van der Waals surface area contributed by atoms with Gasteiger partial charge in [-0.05, 0) is 18.3 Å². The minimum Gasteiger partial charge on any atom is -0.383 e. The van der Waals surface area contributed by atoms with Crippen molar-refractivity contribution in [1.29, 1.82) is 0 Å².